The monoisotopic (exact) mass is 676 g/mol. The van der Waals surface area contributed by atoms with Gasteiger partial charge in [0, 0.05) is 12.3 Å². The fourth-order valence-electron chi connectivity index (χ4n) is 11.2. The molecule has 0 unspecified atom stereocenters. The second-order valence-electron chi connectivity index (χ2n) is 17.2. The van der Waals surface area contributed by atoms with Gasteiger partial charge in [-0.25, -0.2) is 0 Å². The van der Waals surface area contributed by atoms with Crippen LogP contribution in [0.1, 0.15) is 119 Å². The van der Waals surface area contributed by atoms with Gasteiger partial charge in [0.1, 0.15) is 24.4 Å². The second kappa shape index (κ2) is 12.5. The molecule has 0 radical (unpaired) electrons. The molecule has 7 fully saturated rings. The highest BCUT2D eigenvalue weighted by Crippen LogP contribution is 2.66. The molecule has 0 N–H and O–H groups in total. The largest absolute Gasteiger partial charge is 0.463 e. The summed E-state index contributed by atoms with van der Waals surface area (Å²) in [5.74, 6) is -0.275. The molecule has 7 aliphatic rings. The number of esters is 3. The third-order valence-corrected chi connectivity index (χ3v) is 13.4. The quantitative estimate of drug-likeness (QED) is 0.247. The first-order valence-corrected chi connectivity index (χ1v) is 18.5. The molecule has 4 saturated carbocycles. The molecule has 11 nitrogen and oxygen atoms in total. The molecular weight excluding hydrogens is 620 g/mol. The van der Waals surface area contributed by atoms with E-state index in [9.17, 15) is 14.4 Å². The molecule has 4 aliphatic carbocycles. The fraction of sp³-hybridized carbons (Fsp3) is 0.919. The summed E-state index contributed by atoms with van der Waals surface area (Å²) in [7, 11) is 0. The minimum Gasteiger partial charge on any atom is -0.463 e. The van der Waals surface area contributed by atoms with E-state index < -0.39 is 48.2 Å². The van der Waals surface area contributed by atoms with E-state index in [-0.39, 0.29) is 47.8 Å². The molecule has 270 valence electrons. The maximum atomic E-state index is 13.2. The Morgan fingerprint density at radius 1 is 0.708 bits per heavy atom. The van der Waals surface area contributed by atoms with Crippen LogP contribution in [0.4, 0.5) is 0 Å². The predicted molar refractivity (Wildman–Crippen MR) is 170 cm³/mol. The minimum absolute atomic E-state index is 0.0450. The lowest BCUT2D eigenvalue weighted by molar-refractivity contribution is -0.235. The molecule has 11 heteroatoms. The predicted octanol–water partition coefficient (Wildman–Crippen LogP) is 5.59. The van der Waals surface area contributed by atoms with Crippen molar-refractivity contribution < 1.29 is 52.3 Å². The molecule has 7 rings (SSSR count). The average molecular weight is 677 g/mol. The van der Waals surface area contributed by atoms with Crippen molar-refractivity contribution in [2.24, 2.45) is 34.5 Å². The van der Waals surface area contributed by atoms with Gasteiger partial charge >= 0.3 is 17.9 Å². The standard InChI is InChI=1S/C37H56O11/c1-20(38)42-22-14-16-36(6)21(18-22)8-9-23-24-10-11-27(37(24,7)17-15-25(23)36)43-28(39)12-13-29(40)44-31-30(26-19-41-34(2,3)46-26)45-33-32(31)47-35(4,5)48-33/h21-27,30-33H,8-19H2,1-7H3/t21-,22-,23-,24-,25-,26+,27-,30+,31-,32+,33+,36-,37-/m0/s1. The van der Waals surface area contributed by atoms with Crippen LogP contribution in [0.5, 0.6) is 0 Å². The van der Waals surface area contributed by atoms with E-state index in [0.29, 0.717) is 30.3 Å². The van der Waals surface area contributed by atoms with Crippen LogP contribution in [-0.2, 0) is 52.3 Å². The molecule has 0 aromatic carbocycles. The molecule has 48 heavy (non-hydrogen) atoms. The summed E-state index contributed by atoms with van der Waals surface area (Å²) in [6, 6.07) is 0. The molecule has 3 aliphatic heterocycles. The Morgan fingerprint density at radius 3 is 2.12 bits per heavy atom. The van der Waals surface area contributed by atoms with E-state index in [1.165, 1.54) is 19.8 Å². The van der Waals surface area contributed by atoms with Crippen molar-refractivity contribution in [1.82, 2.24) is 0 Å². The second-order valence-corrected chi connectivity index (χ2v) is 17.2. The van der Waals surface area contributed by atoms with Gasteiger partial charge < -0.3 is 37.9 Å². The van der Waals surface area contributed by atoms with Gasteiger partial charge in [-0.1, -0.05) is 13.8 Å². The van der Waals surface area contributed by atoms with Crippen molar-refractivity contribution in [2.75, 3.05) is 6.61 Å². The van der Waals surface area contributed by atoms with Gasteiger partial charge in [0.15, 0.2) is 30.1 Å². The molecule has 13 atom stereocenters. The molecule has 0 amide bonds. The van der Waals surface area contributed by atoms with E-state index in [2.05, 4.69) is 13.8 Å². The molecule has 0 spiro atoms. The van der Waals surface area contributed by atoms with Gasteiger partial charge in [-0.2, -0.15) is 0 Å². The van der Waals surface area contributed by atoms with Gasteiger partial charge in [0.05, 0.1) is 19.4 Å². The smallest absolute Gasteiger partial charge is 0.306 e. The zero-order valence-corrected chi connectivity index (χ0v) is 29.8. The van der Waals surface area contributed by atoms with Crippen LogP contribution in [0, 0.1) is 34.5 Å². The number of carbonyl (C=O) groups excluding carboxylic acids is 3. The lowest BCUT2D eigenvalue weighted by Gasteiger charge is -2.60. The van der Waals surface area contributed by atoms with Crippen molar-refractivity contribution in [3.05, 3.63) is 0 Å². The van der Waals surface area contributed by atoms with Crippen LogP contribution in [0.25, 0.3) is 0 Å². The van der Waals surface area contributed by atoms with E-state index in [4.69, 9.17) is 37.9 Å². The number of hydrogen-bond acceptors (Lipinski definition) is 11. The molecule has 0 aromatic heterocycles. The molecular formula is C37H56O11. The first kappa shape index (κ1) is 34.6. The Bertz CT molecular complexity index is 1270. The number of hydrogen-bond donors (Lipinski definition) is 0. The third-order valence-electron chi connectivity index (χ3n) is 13.4. The SMILES string of the molecule is CC(=O)O[C@H]1CC[C@@]2(C)[C@@H](CC[C@@H]3[C@@H]2CC[C@]2(C)[C@@H](OC(=O)CCC(=O)O[C@@H]4[C@H]5OC(C)(C)O[C@H]5O[C@@H]4[C@H]4COC(C)(C)O4)CC[C@@H]32)C1. The van der Waals surface area contributed by atoms with Gasteiger partial charge in [0.2, 0.25) is 0 Å². The summed E-state index contributed by atoms with van der Waals surface area (Å²) in [4.78, 5) is 38.0. The molecule has 3 heterocycles. The van der Waals surface area contributed by atoms with E-state index in [0.717, 1.165) is 44.9 Å². The fourth-order valence-corrected chi connectivity index (χ4v) is 11.2. The highest BCUT2D eigenvalue weighted by Gasteiger charge is 2.62. The summed E-state index contributed by atoms with van der Waals surface area (Å²) in [5, 5.41) is 0. The van der Waals surface area contributed by atoms with Crippen molar-refractivity contribution >= 4 is 17.9 Å². The summed E-state index contributed by atoms with van der Waals surface area (Å²) < 4.78 is 47.7. The number of rotatable bonds is 7. The summed E-state index contributed by atoms with van der Waals surface area (Å²) >= 11 is 0. The van der Waals surface area contributed by atoms with Crippen LogP contribution in [0.15, 0.2) is 0 Å². The zero-order chi connectivity index (χ0) is 34.2. The molecule has 0 bridgehead atoms. The van der Waals surface area contributed by atoms with Gasteiger partial charge in [-0.3, -0.25) is 14.4 Å². The lowest BCUT2D eigenvalue weighted by atomic mass is 9.45. The highest BCUT2D eigenvalue weighted by molar-refractivity contribution is 5.78. The number of fused-ring (bicyclic) bond motifs is 6. The highest BCUT2D eigenvalue weighted by atomic mass is 16.9. The Hall–Kier alpha value is -1.79. The Balaban J connectivity index is 0.930. The number of ether oxygens (including phenoxy) is 8. The van der Waals surface area contributed by atoms with Crippen molar-refractivity contribution in [3.8, 4) is 0 Å². The maximum absolute atomic E-state index is 13.2. The number of carbonyl (C=O) groups is 3. The van der Waals surface area contributed by atoms with E-state index in [1.807, 2.05) is 13.8 Å². The van der Waals surface area contributed by atoms with Crippen molar-refractivity contribution in [3.63, 3.8) is 0 Å². The lowest BCUT2D eigenvalue weighted by Crippen LogP contribution is -2.54. The molecule has 0 aromatic rings. The van der Waals surface area contributed by atoms with E-state index in [1.54, 1.807) is 13.8 Å². The summed E-state index contributed by atoms with van der Waals surface area (Å²) in [6.07, 6.45) is 6.18. The normalized spacial score (nSPS) is 46.9. The zero-order valence-electron chi connectivity index (χ0n) is 29.8. The first-order valence-electron chi connectivity index (χ1n) is 18.5. The maximum Gasteiger partial charge on any atom is 0.306 e. The van der Waals surface area contributed by atoms with Crippen molar-refractivity contribution in [1.29, 1.82) is 0 Å². The topological polar surface area (TPSA) is 125 Å². The minimum atomic E-state index is -0.878. The summed E-state index contributed by atoms with van der Waals surface area (Å²) in [6.45, 7) is 13.9. The Morgan fingerprint density at radius 2 is 1.42 bits per heavy atom. The van der Waals surface area contributed by atoms with Crippen LogP contribution in [0.3, 0.4) is 0 Å². The third kappa shape index (κ3) is 6.33. The Labute approximate surface area is 284 Å². The van der Waals surface area contributed by atoms with Crippen LogP contribution in [-0.4, -0.2) is 79.0 Å². The van der Waals surface area contributed by atoms with Crippen LogP contribution >= 0.6 is 0 Å². The van der Waals surface area contributed by atoms with Crippen LogP contribution < -0.4 is 0 Å². The molecule has 3 saturated heterocycles. The van der Waals surface area contributed by atoms with Crippen molar-refractivity contribution in [2.45, 2.75) is 174 Å². The van der Waals surface area contributed by atoms with E-state index >= 15 is 0 Å². The van der Waals surface area contributed by atoms with Gasteiger partial charge in [-0.15, -0.1) is 0 Å². The average Bonchev–Trinajstić information content (AvgIpc) is 3.71. The summed E-state index contributed by atoms with van der Waals surface area (Å²) in [5.41, 5.74) is 0.223. The Kier molecular flexibility index (Phi) is 9.00. The van der Waals surface area contributed by atoms with Gasteiger partial charge in [0.25, 0.3) is 0 Å². The van der Waals surface area contributed by atoms with Gasteiger partial charge in [-0.05, 0) is 115 Å². The van der Waals surface area contributed by atoms with Crippen LogP contribution in [0.2, 0.25) is 0 Å². The first-order chi connectivity index (χ1) is 22.6.